The van der Waals surface area contributed by atoms with E-state index in [4.69, 9.17) is 9.40 Å². The van der Waals surface area contributed by atoms with Gasteiger partial charge in [0, 0.05) is 25.1 Å². The molecule has 0 aliphatic rings. The van der Waals surface area contributed by atoms with E-state index in [2.05, 4.69) is 36.6 Å². The molecule has 5 aromatic rings. The zero-order chi connectivity index (χ0) is 20.5. The summed E-state index contributed by atoms with van der Waals surface area (Å²) < 4.78 is 22.8. The van der Waals surface area contributed by atoms with E-state index < -0.39 is 5.95 Å². The summed E-state index contributed by atoms with van der Waals surface area (Å²) in [5, 5.41) is 7.64. The number of hydrogen-bond acceptors (Lipinski definition) is 7. The van der Waals surface area contributed by atoms with Crippen molar-refractivity contribution in [1.29, 1.82) is 0 Å². The Balaban J connectivity index is 1.56. The SMILES string of the molecule is CCCn1c(Cn2ccnc2-c2cccc(F)n2)nc2cc(-c3nnco3)cnc21. The second kappa shape index (κ2) is 7.47. The maximum absolute atomic E-state index is 13.6. The molecule has 5 rings (SSSR count). The van der Waals surface area contributed by atoms with Crippen LogP contribution >= 0.6 is 0 Å². The predicted molar refractivity (Wildman–Crippen MR) is 106 cm³/mol. The number of aromatic nitrogens is 8. The largest absolute Gasteiger partial charge is 0.423 e. The van der Waals surface area contributed by atoms with Crippen molar-refractivity contribution in [3.05, 3.63) is 61.0 Å². The zero-order valence-corrected chi connectivity index (χ0v) is 16.1. The van der Waals surface area contributed by atoms with Crippen molar-refractivity contribution in [3.63, 3.8) is 0 Å². The van der Waals surface area contributed by atoms with Gasteiger partial charge in [-0.05, 0) is 24.6 Å². The quantitative estimate of drug-likeness (QED) is 0.400. The molecular weight excluding hydrogens is 387 g/mol. The minimum atomic E-state index is -0.543. The Hall–Kier alpha value is -3.95. The Morgan fingerprint density at radius 2 is 2.10 bits per heavy atom. The van der Waals surface area contributed by atoms with Gasteiger partial charge >= 0.3 is 0 Å². The van der Waals surface area contributed by atoms with Gasteiger partial charge in [-0.2, -0.15) is 4.39 Å². The fraction of sp³-hybridized carbons (Fsp3) is 0.200. The summed E-state index contributed by atoms with van der Waals surface area (Å²) in [5.74, 6) is 1.24. The summed E-state index contributed by atoms with van der Waals surface area (Å²) in [6, 6.07) is 6.54. The zero-order valence-electron chi connectivity index (χ0n) is 16.1. The van der Waals surface area contributed by atoms with Gasteiger partial charge in [-0.3, -0.25) is 0 Å². The number of aryl methyl sites for hydroxylation is 1. The van der Waals surface area contributed by atoms with E-state index in [1.165, 1.54) is 12.5 Å². The minimum absolute atomic E-state index is 0.394. The third-order valence-corrected chi connectivity index (χ3v) is 4.69. The molecule has 30 heavy (non-hydrogen) atoms. The first kappa shape index (κ1) is 18.1. The Kier molecular flexibility index (Phi) is 4.51. The molecule has 0 spiro atoms. The van der Waals surface area contributed by atoms with Crippen molar-refractivity contribution in [2.45, 2.75) is 26.4 Å². The third-order valence-electron chi connectivity index (χ3n) is 4.69. The van der Waals surface area contributed by atoms with Gasteiger partial charge in [-0.15, -0.1) is 10.2 Å². The fourth-order valence-electron chi connectivity index (χ4n) is 3.41. The number of imidazole rings is 2. The first-order chi connectivity index (χ1) is 14.7. The standard InChI is InChI=1S/C20H17FN8O/c1-2-7-29-17(11-28-8-6-22-18(28)14-4-3-5-16(21)25-14)26-15-9-13(10-23-19(15)29)20-27-24-12-30-20/h3-6,8-10,12H,2,7,11H2,1H3. The van der Waals surface area contributed by atoms with Crippen LogP contribution in [-0.2, 0) is 13.1 Å². The second-order valence-electron chi connectivity index (χ2n) is 6.71. The number of fused-ring (bicyclic) bond motifs is 1. The molecule has 10 heteroatoms. The molecule has 0 aliphatic carbocycles. The number of rotatable bonds is 6. The van der Waals surface area contributed by atoms with Crippen LogP contribution in [-0.4, -0.2) is 39.3 Å². The molecule has 5 aromatic heterocycles. The lowest BCUT2D eigenvalue weighted by molar-refractivity contribution is 0.568. The molecule has 0 bridgehead atoms. The molecule has 0 unspecified atom stereocenters. The van der Waals surface area contributed by atoms with E-state index in [1.54, 1.807) is 24.5 Å². The topological polar surface area (TPSA) is 100 Å². The first-order valence-electron chi connectivity index (χ1n) is 9.48. The summed E-state index contributed by atoms with van der Waals surface area (Å²) in [4.78, 5) is 17.7. The summed E-state index contributed by atoms with van der Waals surface area (Å²) in [6.45, 7) is 3.31. The van der Waals surface area contributed by atoms with Crippen LogP contribution in [0.3, 0.4) is 0 Å². The molecule has 0 amide bonds. The van der Waals surface area contributed by atoms with E-state index in [-0.39, 0.29) is 0 Å². The van der Waals surface area contributed by atoms with Gasteiger partial charge in [0.15, 0.2) is 11.5 Å². The molecule has 0 fully saturated rings. The fourth-order valence-corrected chi connectivity index (χ4v) is 3.41. The summed E-state index contributed by atoms with van der Waals surface area (Å²) >= 11 is 0. The molecule has 9 nitrogen and oxygen atoms in total. The molecule has 0 N–H and O–H groups in total. The number of pyridine rings is 2. The van der Waals surface area contributed by atoms with Gasteiger partial charge in [0.1, 0.15) is 17.0 Å². The smallest absolute Gasteiger partial charge is 0.249 e. The summed E-state index contributed by atoms with van der Waals surface area (Å²) in [5.41, 5.74) is 2.69. The first-order valence-corrected chi connectivity index (χ1v) is 9.48. The van der Waals surface area contributed by atoms with Crippen molar-refractivity contribution in [2.75, 3.05) is 0 Å². The second-order valence-corrected chi connectivity index (χ2v) is 6.71. The highest BCUT2D eigenvalue weighted by Crippen LogP contribution is 2.23. The molecular formula is C20H17FN8O. The Bertz CT molecular complexity index is 1310. The molecule has 150 valence electrons. The van der Waals surface area contributed by atoms with E-state index >= 15 is 0 Å². The Morgan fingerprint density at radius 1 is 1.17 bits per heavy atom. The minimum Gasteiger partial charge on any atom is -0.423 e. The normalized spacial score (nSPS) is 11.4. The molecule has 0 saturated carbocycles. The van der Waals surface area contributed by atoms with Gasteiger partial charge in [-0.25, -0.2) is 19.9 Å². The van der Waals surface area contributed by atoms with E-state index in [0.29, 0.717) is 29.5 Å². The maximum Gasteiger partial charge on any atom is 0.249 e. The molecule has 0 atom stereocenters. The molecule has 0 radical (unpaired) electrons. The highest BCUT2D eigenvalue weighted by atomic mass is 19.1. The lowest BCUT2D eigenvalue weighted by Gasteiger charge is -2.10. The van der Waals surface area contributed by atoms with Crippen molar-refractivity contribution in [3.8, 4) is 23.0 Å². The van der Waals surface area contributed by atoms with Crippen LogP contribution in [0.1, 0.15) is 19.2 Å². The highest BCUT2D eigenvalue weighted by molar-refractivity contribution is 5.76. The van der Waals surface area contributed by atoms with Crippen molar-refractivity contribution in [1.82, 2.24) is 39.3 Å². The van der Waals surface area contributed by atoms with Gasteiger partial charge in [0.05, 0.1) is 12.1 Å². The van der Waals surface area contributed by atoms with Crippen LogP contribution in [0.15, 0.2) is 53.7 Å². The van der Waals surface area contributed by atoms with Crippen LogP contribution in [0.4, 0.5) is 4.39 Å². The molecule has 5 heterocycles. The van der Waals surface area contributed by atoms with Crippen LogP contribution in [0.5, 0.6) is 0 Å². The van der Waals surface area contributed by atoms with Gasteiger partial charge < -0.3 is 13.6 Å². The predicted octanol–water partition coefficient (Wildman–Crippen LogP) is 3.34. The van der Waals surface area contributed by atoms with E-state index in [0.717, 1.165) is 30.0 Å². The lowest BCUT2D eigenvalue weighted by Crippen LogP contribution is -2.10. The Morgan fingerprint density at radius 3 is 2.90 bits per heavy atom. The number of hydrogen-bond donors (Lipinski definition) is 0. The van der Waals surface area contributed by atoms with Crippen molar-refractivity contribution >= 4 is 11.2 Å². The molecule has 0 aliphatic heterocycles. The van der Waals surface area contributed by atoms with Crippen LogP contribution < -0.4 is 0 Å². The molecule has 0 aromatic carbocycles. The monoisotopic (exact) mass is 404 g/mol. The van der Waals surface area contributed by atoms with Crippen molar-refractivity contribution in [2.24, 2.45) is 0 Å². The number of halogens is 1. The van der Waals surface area contributed by atoms with Gasteiger partial charge in [0.25, 0.3) is 0 Å². The van der Waals surface area contributed by atoms with E-state index in [1.807, 2.05) is 16.8 Å². The number of nitrogens with zero attached hydrogens (tertiary/aromatic N) is 8. The molecule has 0 saturated heterocycles. The average molecular weight is 404 g/mol. The van der Waals surface area contributed by atoms with Crippen LogP contribution in [0.25, 0.3) is 34.1 Å². The van der Waals surface area contributed by atoms with Gasteiger partial charge in [0.2, 0.25) is 18.2 Å². The summed E-state index contributed by atoms with van der Waals surface area (Å²) in [7, 11) is 0. The third kappa shape index (κ3) is 3.21. The summed E-state index contributed by atoms with van der Waals surface area (Å²) in [6.07, 6.45) is 7.40. The lowest BCUT2D eigenvalue weighted by atomic mass is 10.2. The Labute approximate surface area is 170 Å². The van der Waals surface area contributed by atoms with Crippen LogP contribution in [0.2, 0.25) is 0 Å². The van der Waals surface area contributed by atoms with Crippen molar-refractivity contribution < 1.29 is 8.81 Å². The average Bonchev–Trinajstić information content (AvgIpc) is 3.49. The van der Waals surface area contributed by atoms with Crippen LogP contribution in [0, 0.1) is 5.95 Å². The van der Waals surface area contributed by atoms with E-state index in [9.17, 15) is 4.39 Å². The highest BCUT2D eigenvalue weighted by Gasteiger charge is 2.16. The maximum atomic E-state index is 13.6. The van der Waals surface area contributed by atoms with Gasteiger partial charge in [-0.1, -0.05) is 13.0 Å².